The van der Waals surface area contributed by atoms with Crippen molar-refractivity contribution in [1.29, 1.82) is 0 Å². The SMILES string of the molecule is CNC1CCC(C)CC1Oc1ccc(C)cc1Cl. The Hall–Kier alpha value is -0.730. The number of rotatable bonds is 3. The van der Waals surface area contributed by atoms with E-state index in [2.05, 4.69) is 12.2 Å². The normalized spacial score (nSPS) is 28.1. The van der Waals surface area contributed by atoms with Crippen LogP contribution in [0.3, 0.4) is 0 Å². The van der Waals surface area contributed by atoms with Crippen LogP contribution in [-0.4, -0.2) is 19.2 Å². The van der Waals surface area contributed by atoms with Crippen molar-refractivity contribution in [2.75, 3.05) is 7.05 Å². The van der Waals surface area contributed by atoms with Crippen LogP contribution >= 0.6 is 11.6 Å². The van der Waals surface area contributed by atoms with Gasteiger partial charge in [-0.1, -0.05) is 24.6 Å². The molecule has 0 amide bonds. The Labute approximate surface area is 115 Å². The molecular formula is C15H22ClNO. The van der Waals surface area contributed by atoms with Crippen molar-refractivity contribution in [3.05, 3.63) is 28.8 Å². The molecule has 100 valence electrons. The molecule has 1 fully saturated rings. The van der Waals surface area contributed by atoms with Gasteiger partial charge in [-0.3, -0.25) is 0 Å². The van der Waals surface area contributed by atoms with E-state index in [1.165, 1.54) is 12.8 Å². The van der Waals surface area contributed by atoms with E-state index in [9.17, 15) is 0 Å². The smallest absolute Gasteiger partial charge is 0.138 e. The Balaban J connectivity index is 2.10. The van der Waals surface area contributed by atoms with Gasteiger partial charge < -0.3 is 10.1 Å². The fraction of sp³-hybridized carbons (Fsp3) is 0.600. The highest BCUT2D eigenvalue weighted by molar-refractivity contribution is 6.32. The Kier molecular flexibility index (Phi) is 4.52. The summed E-state index contributed by atoms with van der Waals surface area (Å²) < 4.78 is 6.12. The van der Waals surface area contributed by atoms with Gasteiger partial charge >= 0.3 is 0 Å². The summed E-state index contributed by atoms with van der Waals surface area (Å²) in [5.74, 6) is 1.53. The van der Waals surface area contributed by atoms with Crippen LogP contribution in [0.4, 0.5) is 0 Å². The summed E-state index contributed by atoms with van der Waals surface area (Å²) in [7, 11) is 2.01. The first kappa shape index (κ1) is 13.7. The van der Waals surface area contributed by atoms with Gasteiger partial charge in [0.1, 0.15) is 11.9 Å². The molecule has 18 heavy (non-hydrogen) atoms. The molecule has 1 aliphatic rings. The molecule has 1 aromatic carbocycles. The van der Waals surface area contributed by atoms with Crippen LogP contribution in [0.15, 0.2) is 18.2 Å². The van der Waals surface area contributed by atoms with Crippen molar-refractivity contribution in [1.82, 2.24) is 5.32 Å². The van der Waals surface area contributed by atoms with Crippen molar-refractivity contribution in [3.8, 4) is 5.75 Å². The second-order valence-corrected chi connectivity index (χ2v) is 5.81. The fourth-order valence-corrected chi connectivity index (χ4v) is 2.93. The van der Waals surface area contributed by atoms with Crippen LogP contribution in [-0.2, 0) is 0 Å². The first-order chi connectivity index (χ1) is 8.60. The van der Waals surface area contributed by atoms with Gasteiger partial charge in [0.25, 0.3) is 0 Å². The molecule has 3 unspecified atom stereocenters. The Morgan fingerprint density at radius 1 is 1.33 bits per heavy atom. The molecule has 3 atom stereocenters. The van der Waals surface area contributed by atoms with E-state index in [0.717, 1.165) is 23.7 Å². The lowest BCUT2D eigenvalue weighted by molar-refractivity contribution is 0.0945. The number of ether oxygens (including phenoxy) is 1. The van der Waals surface area contributed by atoms with E-state index in [4.69, 9.17) is 16.3 Å². The number of hydrogen-bond acceptors (Lipinski definition) is 2. The minimum atomic E-state index is 0.221. The van der Waals surface area contributed by atoms with Gasteiger partial charge in [-0.05, 0) is 56.8 Å². The number of benzene rings is 1. The molecule has 0 spiro atoms. The minimum absolute atomic E-state index is 0.221. The average Bonchev–Trinajstić information content (AvgIpc) is 2.33. The van der Waals surface area contributed by atoms with Crippen molar-refractivity contribution in [2.24, 2.45) is 5.92 Å². The number of aryl methyl sites for hydroxylation is 1. The Bertz CT molecular complexity index is 407. The quantitative estimate of drug-likeness (QED) is 0.899. The van der Waals surface area contributed by atoms with Crippen molar-refractivity contribution in [3.63, 3.8) is 0 Å². The zero-order valence-electron chi connectivity index (χ0n) is 11.4. The lowest BCUT2D eigenvalue weighted by Gasteiger charge is -2.35. The van der Waals surface area contributed by atoms with Gasteiger partial charge in [-0.2, -0.15) is 0 Å². The molecule has 1 N–H and O–H groups in total. The molecule has 3 heteroatoms. The maximum atomic E-state index is 6.23. The van der Waals surface area contributed by atoms with E-state index in [-0.39, 0.29) is 6.10 Å². The molecular weight excluding hydrogens is 246 g/mol. The van der Waals surface area contributed by atoms with Crippen LogP contribution in [0.2, 0.25) is 5.02 Å². The third kappa shape index (κ3) is 3.18. The van der Waals surface area contributed by atoms with Gasteiger partial charge in [0.2, 0.25) is 0 Å². The topological polar surface area (TPSA) is 21.3 Å². The van der Waals surface area contributed by atoms with Gasteiger partial charge in [-0.15, -0.1) is 0 Å². The van der Waals surface area contributed by atoms with Crippen molar-refractivity contribution >= 4 is 11.6 Å². The van der Waals surface area contributed by atoms with Gasteiger partial charge in [0.15, 0.2) is 0 Å². The van der Waals surface area contributed by atoms with Gasteiger partial charge in [-0.25, -0.2) is 0 Å². The van der Waals surface area contributed by atoms with Crippen LogP contribution in [0.25, 0.3) is 0 Å². The van der Waals surface area contributed by atoms with Crippen LogP contribution < -0.4 is 10.1 Å². The maximum absolute atomic E-state index is 6.23. The first-order valence-electron chi connectivity index (χ1n) is 6.70. The standard InChI is InChI=1S/C15H22ClNO/c1-10-5-7-14(12(16)8-10)18-15-9-11(2)4-6-13(15)17-3/h5,7-8,11,13,15,17H,4,6,9H2,1-3H3. The second kappa shape index (κ2) is 5.94. The Morgan fingerprint density at radius 3 is 2.78 bits per heavy atom. The Morgan fingerprint density at radius 2 is 2.11 bits per heavy atom. The molecule has 0 aromatic heterocycles. The largest absolute Gasteiger partial charge is 0.487 e. The molecule has 0 saturated heterocycles. The van der Waals surface area contributed by atoms with Crippen LogP contribution in [0, 0.1) is 12.8 Å². The molecule has 1 saturated carbocycles. The lowest BCUT2D eigenvalue weighted by Crippen LogP contribution is -2.45. The van der Waals surface area contributed by atoms with Crippen molar-refractivity contribution in [2.45, 2.75) is 45.3 Å². The third-order valence-corrected chi connectivity index (χ3v) is 4.09. The zero-order chi connectivity index (χ0) is 13.1. The summed E-state index contributed by atoms with van der Waals surface area (Å²) in [6, 6.07) is 6.40. The van der Waals surface area contributed by atoms with Gasteiger partial charge in [0.05, 0.1) is 5.02 Å². The lowest BCUT2D eigenvalue weighted by atomic mass is 9.85. The molecule has 0 heterocycles. The van der Waals surface area contributed by atoms with Crippen molar-refractivity contribution < 1.29 is 4.74 Å². The predicted molar refractivity (Wildman–Crippen MR) is 76.5 cm³/mol. The first-order valence-corrected chi connectivity index (χ1v) is 7.08. The van der Waals surface area contributed by atoms with E-state index < -0.39 is 0 Å². The second-order valence-electron chi connectivity index (χ2n) is 5.40. The highest BCUT2D eigenvalue weighted by Crippen LogP contribution is 2.31. The molecule has 1 aliphatic carbocycles. The summed E-state index contributed by atoms with van der Waals surface area (Å²) >= 11 is 6.23. The predicted octanol–water partition coefficient (Wildman–Crippen LogP) is 3.80. The molecule has 2 nitrogen and oxygen atoms in total. The summed E-state index contributed by atoms with van der Waals surface area (Å²) in [6.07, 6.45) is 3.76. The maximum Gasteiger partial charge on any atom is 0.138 e. The monoisotopic (exact) mass is 267 g/mol. The number of nitrogens with one attached hydrogen (secondary N) is 1. The highest BCUT2D eigenvalue weighted by atomic mass is 35.5. The molecule has 0 radical (unpaired) electrons. The zero-order valence-corrected chi connectivity index (χ0v) is 12.1. The molecule has 2 rings (SSSR count). The third-order valence-electron chi connectivity index (χ3n) is 3.79. The van der Waals surface area contributed by atoms with E-state index in [1.54, 1.807) is 0 Å². The average molecular weight is 268 g/mol. The van der Waals surface area contributed by atoms with E-state index in [1.807, 2.05) is 32.2 Å². The summed E-state index contributed by atoms with van der Waals surface area (Å²) in [5, 5.41) is 4.07. The summed E-state index contributed by atoms with van der Waals surface area (Å²) in [5.41, 5.74) is 1.16. The molecule has 0 bridgehead atoms. The van der Waals surface area contributed by atoms with Gasteiger partial charge in [0, 0.05) is 6.04 Å². The fourth-order valence-electron chi connectivity index (χ4n) is 2.65. The number of halogens is 1. The molecule has 1 aromatic rings. The summed E-state index contributed by atoms with van der Waals surface area (Å²) in [4.78, 5) is 0. The van der Waals surface area contributed by atoms with Crippen LogP contribution in [0.1, 0.15) is 31.7 Å². The van der Waals surface area contributed by atoms with E-state index >= 15 is 0 Å². The van der Waals surface area contributed by atoms with E-state index in [0.29, 0.717) is 11.1 Å². The molecule has 0 aliphatic heterocycles. The summed E-state index contributed by atoms with van der Waals surface area (Å²) in [6.45, 7) is 4.33. The highest BCUT2D eigenvalue weighted by Gasteiger charge is 2.29. The van der Waals surface area contributed by atoms with Crippen LogP contribution in [0.5, 0.6) is 5.75 Å². The number of likely N-dealkylation sites (N-methyl/N-ethyl adjacent to an activating group) is 1. The minimum Gasteiger partial charge on any atom is -0.487 e. The number of hydrogen-bond donors (Lipinski definition) is 1.